The lowest BCUT2D eigenvalue weighted by atomic mass is 10.1. The summed E-state index contributed by atoms with van der Waals surface area (Å²) in [7, 11) is 0. The number of carbonyl (C=O) groups excluding carboxylic acids is 4. The summed E-state index contributed by atoms with van der Waals surface area (Å²) < 4.78 is 13.0. The van der Waals surface area contributed by atoms with E-state index in [-0.39, 0.29) is 26.1 Å². The number of carbonyl (C=O) groups is 6. The van der Waals surface area contributed by atoms with Gasteiger partial charge in [-0.15, -0.1) is 0 Å². The van der Waals surface area contributed by atoms with E-state index in [1.807, 2.05) is 0 Å². The number of rotatable bonds is 9. The zero-order valence-electron chi connectivity index (χ0n) is 18.6. The number of unbranched alkanes of at least 4 members (excludes halogenated alkanes) is 1. The molecule has 1 aromatic rings. The molecule has 0 aliphatic carbocycles. The molecule has 4 N–H and O–H groups in total. The monoisotopic (exact) mass is 498 g/mol. The summed E-state index contributed by atoms with van der Waals surface area (Å²) in [6, 6.07) is 6.53. The average Bonchev–Trinajstić information content (AvgIpc) is 3.33. The second-order valence-electron chi connectivity index (χ2n) is 6.35. The highest BCUT2D eigenvalue weighted by Crippen LogP contribution is 2.18. The van der Waals surface area contributed by atoms with Crippen LogP contribution in [0.3, 0.4) is 0 Å². The fraction of sp³-hybridized carbons (Fsp3) is 0.364. The number of carboxylic acid groups (broad SMARTS) is 2. The maximum absolute atomic E-state index is 10.8. The zero-order valence-corrected chi connectivity index (χ0v) is 18.6. The Balaban J connectivity index is 0.000000450. The maximum atomic E-state index is 10.8. The number of carboxylic acids is 2. The van der Waals surface area contributed by atoms with E-state index in [9.17, 15) is 28.8 Å². The predicted molar refractivity (Wildman–Crippen MR) is 115 cm³/mol. The summed E-state index contributed by atoms with van der Waals surface area (Å²) in [5, 5.41) is 32.4. The molecule has 0 amide bonds. The van der Waals surface area contributed by atoms with E-state index < -0.39 is 35.8 Å². The SMILES string of the molecule is O=C(O)CCCCC(=O)O.O=C1C=CC(=O)O1.O=C1OC(=O)c2ccccc21.OCCOCCO. The van der Waals surface area contributed by atoms with Gasteiger partial charge in [0, 0.05) is 25.0 Å². The molecule has 0 atom stereocenters. The molecule has 35 heavy (non-hydrogen) atoms. The Morgan fingerprint density at radius 3 is 1.40 bits per heavy atom. The van der Waals surface area contributed by atoms with E-state index in [2.05, 4.69) is 14.2 Å². The van der Waals surface area contributed by atoms with Crippen LogP contribution in [0, 0.1) is 0 Å². The Kier molecular flexibility index (Phi) is 16.4. The molecule has 3 rings (SSSR count). The van der Waals surface area contributed by atoms with Gasteiger partial charge in [0.15, 0.2) is 0 Å². The highest BCUT2D eigenvalue weighted by atomic mass is 16.6. The van der Waals surface area contributed by atoms with Crippen LogP contribution in [0.15, 0.2) is 36.4 Å². The first-order valence-electron chi connectivity index (χ1n) is 10.1. The van der Waals surface area contributed by atoms with Gasteiger partial charge in [0.25, 0.3) is 0 Å². The first-order valence-corrected chi connectivity index (χ1v) is 10.1. The van der Waals surface area contributed by atoms with Crippen molar-refractivity contribution < 1.29 is 63.4 Å². The number of esters is 4. The number of benzene rings is 1. The minimum Gasteiger partial charge on any atom is -0.481 e. The molecule has 0 fully saturated rings. The number of ether oxygens (including phenoxy) is 3. The van der Waals surface area contributed by atoms with Crippen LogP contribution < -0.4 is 0 Å². The van der Waals surface area contributed by atoms with Gasteiger partial charge in [-0.1, -0.05) is 12.1 Å². The van der Waals surface area contributed by atoms with E-state index in [4.69, 9.17) is 20.4 Å². The van der Waals surface area contributed by atoms with Gasteiger partial charge in [-0.2, -0.15) is 0 Å². The number of aliphatic hydroxyl groups is 2. The van der Waals surface area contributed by atoms with Crippen molar-refractivity contribution in [1.82, 2.24) is 0 Å². The zero-order chi connectivity index (χ0) is 26.6. The summed E-state index contributed by atoms with van der Waals surface area (Å²) in [5.41, 5.74) is 0.718. The second-order valence-corrected chi connectivity index (χ2v) is 6.35. The fourth-order valence-electron chi connectivity index (χ4n) is 2.12. The maximum Gasteiger partial charge on any atom is 0.346 e. The van der Waals surface area contributed by atoms with Crippen LogP contribution in [0.4, 0.5) is 0 Å². The molecule has 13 nitrogen and oxygen atoms in total. The van der Waals surface area contributed by atoms with Crippen LogP contribution in [0.1, 0.15) is 46.4 Å². The van der Waals surface area contributed by atoms with E-state index in [0.717, 1.165) is 12.2 Å². The molecule has 2 aliphatic rings. The Morgan fingerprint density at radius 1 is 0.714 bits per heavy atom. The molecule has 0 unspecified atom stereocenters. The Morgan fingerprint density at radius 2 is 1.11 bits per heavy atom. The van der Waals surface area contributed by atoms with Gasteiger partial charge in [-0.25, -0.2) is 19.2 Å². The molecule has 0 spiro atoms. The van der Waals surface area contributed by atoms with Crippen molar-refractivity contribution in [2.24, 2.45) is 0 Å². The molecule has 0 radical (unpaired) electrons. The van der Waals surface area contributed by atoms with Gasteiger partial charge in [-0.3, -0.25) is 9.59 Å². The van der Waals surface area contributed by atoms with Gasteiger partial charge in [-0.05, 0) is 25.0 Å². The van der Waals surface area contributed by atoms with Crippen molar-refractivity contribution in [3.05, 3.63) is 47.5 Å². The van der Waals surface area contributed by atoms with Crippen molar-refractivity contribution in [2.45, 2.75) is 25.7 Å². The normalized spacial score (nSPS) is 12.6. The number of hydrogen-bond acceptors (Lipinski definition) is 11. The predicted octanol–water partition coefficient (Wildman–Crippen LogP) is 0.327. The van der Waals surface area contributed by atoms with Crippen molar-refractivity contribution >= 4 is 35.8 Å². The fourth-order valence-corrected chi connectivity index (χ4v) is 2.12. The first-order chi connectivity index (χ1) is 16.6. The lowest BCUT2D eigenvalue weighted by Crippen LogP contribution is -2.03. The second kappa shape index (κ2) is 18.5. The van der Waals surface area contributed by atoms with Gasteiger partial charge in [0.05, 0.1) is 37.6 Å². The molecular formula is C22H26O13. The van der Waals surface area contributed by atoms with Crippen LogP contribution in [0.25, 0.3) is 0 Å². The van der Waals surface area contributed by atoms with Crippen molar-refractivity contribution in [1.29, 1.82) is 0 Å². The molecule has 13 heteroatoms. The van der Waals surface area contributed by atoms with E-state index in [0.29, 0.717) is 37.2 Å². The number of fused-ring (bicyclic) bond motifs is 1. The minimum atomic E-state index is -0.870. The van der Waals surface area contributed by atoms with Gasteiger partial charge < -0.3 is 34.6 Å². The van der Waals surface area contributed by atoms with Gasteiger partial charge in [0.1, 0.15) is 0 Å². The number of aliphatic hydroxyl groups excluding tert-OH is 2. The van der Waals surface area contributed by atoms with E-state index >= 15 is 0 Å². The van der Waals surface area contributed by atoms with Gasteiger partial charge in [0.2, 0.25) is 0 Å². The third-order valence-electron chi connectivity index (χ3n) is 3.61. The molecule has 1 aromatic carbocycles. The first kappa shape index (κ1) is 31.1. The summed E-state index contributed by atoms with van der Waals surface area (Å²) in [6.45, 7) is 0.696. The molecule has 192 valence electrons. The topological polar surface area (TPSA) is 211 Å². The Labute approximate surface area is 199 Å². The Hall–Kier alpha value is -3.94. The number of aliphatic carboxylic acids is 2. The molecule has 2 heterocycles. The standard InChI is InChI=1S/C8H4O3.C6H10O4.C4H2O3.C4H10O3/c9-7-5-3-1-2-4-6(5)8(10)11-7;7-5(8)3-1-2-4-6(9)10;5-3-1-2-4(6)7-3;5-1-3-7-4-2-6/h1-4H;1-4H2,(H,7,8)(H,9,10);1-2H;5-6H,1-4H2. The lowest BCUT2D eigenvalue weighted by molar-refractivity contribution is -0.150. The lowest BCUT2D eigenvalue weighted by Gasteiger charge is -1.94. The quantitative estimate of drug-likeness (QED) is 0.205. The van der Waals surface area contributed by atoms with Crippen molar-refractivity contribution in [3.8, 4) is 0 Å². The highest BCUT2D eigenvalue weighted by molar-refractivity contribution is 6.14. The molecule has 0 saturated heterocycles. The molecule has 0 aromatic heterocycles. The number of hydrogen-bond donors (Lipinski definition) is 4. The van der Waals surface area contributed by atoms with Crippen LogP contribution in [-0.4, -0.2) is 82.7 Å². The molecule has 0 bridgehead atoms. The van der Waals surface area contributed by atoms with Crippen LogP contribution in [0.2, 0.25) is 0 Å². The summed E-state index contributed by atoms with van der Waals surface area (Å²) in [6.07, 6.45) is 3.19. The summed E-state index contributed by atoms with van der Waals surface area (Å²) in [4.78, 5) is 61.3. The third-order valence-corrected chi connectivity index (χ3v) is 3.61. The van der Waals surface area contributed by atoms with Crippen molar-refractivity contribution in [3.63, 3.8) is 0 Å². The smallest absolute Gasteiger partial charge is 0.346 e. The molecule has 0 saturated carbocycles. The van der Waals surface area contributed by atoms with Crippen LogP contribution in [0.5, 0.6) is 0 Å². The minimum absolute atomic E-state index is 0.0278. The third kappa shape index (κ3) is 15.5. The summed E-state index contributed by atoms with van der Waals surface area (Å²) in [5.74, 6) is -4.00. The average molecular weight is 498 g/mol. The highest BCUT2D eigenvalue weighted by Gasteiger charge is 2.28. The van der Waals surface area contributed by atoms with Crippen molar-refractivity contribution in [2.75, 3.05) is 26.4 Å². The molecular weight excluding hydrogens is 472 g/mol. The van der Waals surface area contributed by atoms with E-state index in [1.165, 1.54) is 0 Å². The summed E-state index contributed by atoms with van der Waals surface area (Å²) >= 11 is 0. The van der Waals surface area contributed by atoms with Gasteiger partial charge >= 0.3 is 35.8 Å². The Bertz CT molecular complexity index is 835. The number of cyclic esters (lactones) is 4. The van der Waals surface area contributed by atoms with Crippen LogP contribution >= 0.6 is 0 Å². The largest absolute Gasteiger partial charge is 0.481 e. The van der Waals surface area contributed by atoms with Crippen LogP contribution in [-0.2, 0) is 33.4 Å². The van der Waals surface area contributed by atoms with E-state index in [1.54, 1.807) is 24.3 Å². The molecule has 2 aliphatic heterocycles.